The van der Waals surface area contributed by atoms with Crippen LogP contribution in [0.15, 0.2) is 36.4 Å². The minimum Gasteiger partial charge on any atom is -0.300 e. The topological polar surface area (TPSA) is 92.3 Å². The van der Waals surface area contributed by atoms with Crippen molar-refractivity contribution in [3.05, 3.63) is 52.0 Å². The summed E-state index contributed by atoms with van der Waals surface area (Å²) < 4.78 is 0. The molecular formula is C21H19ClN4O3S. The molecule has 9 heteroatoms. The number of anilines is 1. The first-order chi connectivity index (χ1) is 14.4. The van der Waals surface area contributed by atoms with Crippen molar-refractivity contribution in [3.8, 4) is 0 Å². The highest BCUT2D eigenvalue weighted by Crippen LogP contribution is 2.54. The molecule has 1 saturated heterocycles. The van der Waals surface area contributed by atoms with Gasteiger partial charge in [-0.2, -0.15) is 0 Å². The third kappa shape index (κ3) is 3.15. The highest BCUT2D eigenvalue weighted by atomic mass is 35.5. The molecule has 2 heterocycles. The maximum atomic E-state index is 13.3. The second kappa shape index (κ2) is 7.28. The molecule has 5 unspecified atom stereocenters. The van der Waals surface area contributed by atoms with Crippen molar-refractivity contribution in [1.29, 1.82) is 0 Å². The van der Waals surface area contributed by atoms with Crippen LogP contribution >= 0.6 is 22.9 Å². The van der Waals surface area contributed by atoms with Crippen LogP contribution in [0, 0.1) is 30.6 Å². The van der Waals surface area contributed by atoms with Gasteiger partial charge in [-0.1, -0.05) is 47.2 Å². The smallest absolute Gasteiger partial charge is 0.234 e. The first-order valence-electron chi connectivity index (χ1n) is 9.83. The van der Waals surface area contributed by atoms with Crippen molar-refractivity contribution in [3.63, 3.8) is 0 Å². The average Bonchev–Trinajstić information content (AvgIpc) is 3.46. The summed E-state index contributed by atoms with van der Waals surface area (Å²) >= 11 is 7.44. The molecule has 154 valence electrons. The lowest BCUT2D eigenvalue weighted by Gasteiger charge is -2.28. The summed E-state index contributed by atoms with van der Waals surface area (Å²) in [4.78, 5) is 40.7. The van der Waals surface area contributed by atoms with Crippen LogP contribution in [0.1, 0.15) is 29.5 Å². The van der Waals surface area contributed by atoms with Crippen molar-refractivity contribution >= 4 is 45.8 Å². The molecule has 2 fully saturated rings. The van der Waals surface area contributed by atoms with Gasteiger partial charge in [0.1, 0.15) is 5.01 Å². The molecule has 2 aliphatic carbocycles. The number of amides is 3. The summed E-state index contributed by atoms with van der Waals surface area (Å²) in [5.74, 6) is -1.13. The van der Waals surface area contributed by atoms with Gasteiger partial charge in [-0.25, -0.2) is 0 Å². The van der Waals surface area contributed by atoms with Gasteiger partial charge < -0.3 is 5.32 Å². The number of likely N-dealkylation sites (tertiary alicyclic amines) is 1. The molecule has 3 aliphatic rings. The number of carbonyl (C=O) groups is 3. The van der Waals surface area contributed by atoms with E-state index in [4.69, 9.17) is 11.6 Å². The third-order valence-corrected chi connectivity index (χ3v) is 7.19. The van der Waals surface area contributed by atoms with Crippen molar-refractivity contribution in [2.45, 2.75) is 25.8 Å². The van der Waals surface area contributed by atoms with Gasteiger partial charge in [-0.15, -0.1) is 10.2 Å². The number of halogens is 1. The number of fused-ring (bicyclic) bond motifs is 5. The summed E-state index contributed by atoms with van der Waals surface area (Å²) in [5, 5.41) is 12.1. The number of benzene rings is 1. The molecule has 7 nitrogen and oxygen atoms in total. The summed E-state index contributed by atoms with van der Waals surface area (Å²) in [5.41, 5.74) is 0.660. The largest absolute Gasteiger partial charge is 0.300 e. The maximum Gasteiger partial charge on any atom is 0.234 e. The highest BCUT2D eigenvalue weighted by molar-refractivity contribution is 7.15. The fraction of sp³-hybridized carbons (Fsp3) is 0.381. The number of aromatic nitrogens is 2. The van der Waals surface area contributed by atoms with Crippen LogP contribution in [0.2, 0.25) is 5.02 Å². The Balaban J connectivity index is 1.45. The molecular weight excluding hydrogens is 424 g/mol. The van der Waals surface area contributed by atoms with Crippen LogP contribution < -0.4 is 5.32 Å². The van der Waals surface area contributed by atoms with Gasteiger partial charge in [0.15, 0.2) is 0 Å². The van der Waals surface area contributed by atoms with E-state index in [1.807, 2.05) is 0 Å². The number of rotatable bonds is 5. The third-order valence-electron chi connectivity index (χ3n) is 6.20. The summed E-state index contributed by atoms with van der Waals surface area (Å²) in [6.45, 7) is 1.80. The molecule has 1 aromatic carbocycles. The first kappa shape index (κ1) is 19.4. The van der Waals surface area contributed by atoms with E-state index in [0.29, 0.717) is 15.7 Å². The van der Waals surface area contributed by atoms with E-state index in [-0.39, 0.29) is 47.8 Å². The molecule has 3 amide bonds. The van der Waals surface area contributed by atoms with E-state index in [2.05, 4.69) is 27.7 Å². The second-order valence-corrected chi connectivity index (χ2v) is 9.61. The lowest BCUT2D eigenvalue weighted by molar-refractivity contribution is -0.144. The number of nitrogens with one attached hydrogen (secondary N) is 1. The van der Waals surface area contributed by atoms with Crippen LogP contribution in [0.5, 0.6) is 0 Å². The molecule has 1 saturated carbocycles. The van der Waals surface area contributed by atoms with Crippen LogP contribution in [-0.4, -0.2) is 32.8 Å². The number of carbonyl (C=O) groups excluding carboxylic acids is 3. The van der Waals surface area contributed by atoms with Gasteiger partial charge in [0.2, 0.25) is 22.9 Å². The maximum absolute atomic E-state index is 13.3. The van der Waals surface area contributed by atoms with Crippen molar-refractivity contribution in [2.24, 2.45) is 23.7 Å². The quantitative estimate of drug-likeness (QED) is 0.566. The lowest BCUT2D eigenvalue weighted by Crippen LogP contribution is -2.38. The van der Waals surface area contributed by atoms with E-state index in [1.165, 1.54) is 16.2 Å². The fourth-order valence-electron chi connectivity index (χ4n) is 5.00. The van der Waals surface area contributed by atoms with Crippen LogP contribution in [0.3, 0.4) is 0 Å². The molecule has 30 heavy (non-hydrogen) atoms. The zero-order valence-electron chi connectivity index (χ0n) is 16.1. The predicted octanol–water partition coefficient (Wildman–Crippen LogP) is 3.38. The van der Waals surface area contributed by atoms with Gasteiger partial charge in [0, 0.05) is 5.02 Å². The Morgan fingerprint density at radius 2 is 1.93 bits per heavy atom. The summed E-state index contributed by atoms with van der Waals surface area (Å²) in [7, 11) is 0. The Morgan fingerprint density at radius 1 is 1.23 bits per heavy atom. The van der Waals surface area contributed by atoms with Crippen LogP contribution in [0.25, 0.3) is 0 Å². The van der Waals surface area contributed by atoms with E-state index in [9.17, 15) is 14.4 Å². The second-order valence-electron chi connectivity index (χ2n) is 8.00. The highest BCUT2D eigenvalue weighted by Gasteiger charge is 2.60. The lowest BCUT2D eigenvalue weighted by atomic mass is 9.85. The molecule has 1 aliphatic heterocycles. The average molecular weight is 443 g/mol. The fourth-order valence-corrected chi connectivity index (χ4v) is 5.80. The van der Waals surface area contributed by atoms with Crippen molar-refractivity contribution in [2.75, 3.05) is 5.32 Å². The number of allylic oxidation sites excluding steroid dienone is 2. The van der Waals surface area contributed by atoms with Crippen LogP contribution in [0.4, 0.5) is 5.13 Å². The van der Waals surface area contributed by atoms with Crippen molar-refractivity contribution in [1.82, 2.24) is 15.1 Å². The molecule has 1 N–H and O–H groups in total. The molecule has 2 bridgehead atoms. The number of imide groups is 1. The molecule has 0 spiro atoms. The summed E-state index contributed by atoms with van der Waals surface area (Å²) in [6.07, 6.45) is 4.90. The number of nitrogens with zero attached hydrogens (tertiary/aromatic N) is 3. The zero-order chi connectivity index (χ0) is 21.0. The van der Waals surface area contributed by atoms with E-state index >= 15 is 0 Å². The summed E-state index contributed by atoms with van der Waals surface area (Å²) in [6, 6.07) is 6.26. The Bertz CT molecular complexity index is 1050. The minimum atomic E-state index is -0.720. The van der Waals surface area contributed by atoms with E-state index < -0.39 is 6.04 Å². The normalized spacial score (nSPS) is 27.6. The van der Waals surface area contributed by atoms with Crippen molar-refractivity contribution < 1.29 is 14.4 Å². The Kier molecular flexibility index (Phi) is 4.71. The first-order valence-corrected chi connectivity index (χ1v) is 11.0. The number of aryl methyl sites for hydroxylation is 1. The molecule has 1 aromatic heterocycles. The monoisotopic (exact) mass is 442 g/mol. The van der Waals surface area contributed by atoms with Crippen LogP contribution in [-0.2, 0) is 14.4 Å². The number of hydrogen-bond acceptors (Lipinski definition) is 6. The van der Waals surface area contributed by atoms with Gasteiger partial charge >= 0.3 is 0 Å². The molecule has 5 atom stereocenters. The van der Waals surface area contributed by atoms with Gasteiger partial charge in [-0.05, 0) is 42.9 Å². The zero-order valence-corrected chi connectivity index (χ0v) is 17.7. The van der Waals surface area contributed by atoms with Gasteiger partial charge in [0.25, 0.3) is 0 Å². The molecule has 5 rings (SSSR count). The van der Waals surface area contributed by atoms with E-state index in [1.54, 1.807) is 31.2 Å². The Labute approximate surface area is 182 Å². The van der Waals surface area contributed by atoms with Gasteiger partial charge in [0.05, 0.1) is 24.3 Å². The SMILES string of the molecule is Cc1nnc(NC(=O)CC(c2cccc(Cl)c2)N2C(=O)C3C4C=CC(C4)C3C2=O)s1. The van der Waals surface area contributed by atoms with E-state index in [0.717, 1.165) is 11.4 Å². The van der Waals surface area contributed by atoms with Gasteiger partial charge in [-0.3, -0.25) is 19.3 Å². The molecule has 2 aromatic rings. The predicted molar refractivity (Wildman–Crippen MR) is 112 cm³/mol. The molecule has 0 radical (unpaired) electrons. The Hall–Kier alpha value is -2.58. The Morgan fingerprint density at radius 3 is 2.53 bits per heavy atom. The number of hydrogen-bond donors (Lipinski definition) is 1. The minimum absolute atomic E-state index is 0.0708. The standard InChI is InChI=1S/C21H19ClN4O3S/c1-10-24-25-21(30-10)23-16(27)9-15(11-3-2-4-14(22)8-11)26-19(28)17-12-5-6-13(7-12)18(17)20(26)29/h2-6,8,12-13,15,17-18H,7,9H2,1H3,(H,23,25,27).